The molecular formula is C29H25F3N4O3. The van der Waals surface area contributed by atoms with Crippen LogP contribution in [0, 0.1) is 11.3 Å². The minimum atomic E-state index is -5.00. The van der Waals surface area contributed by atoms with E-state index in [9.17, 15) is 28.0 Å². The highest BCUT2D eigenvalue weighted by Crippen LogP contribution is 2.31. The van der Waals surface area contributed by atoms with E-state index in [-0.39, 0.29) is 17.9 Å². The molecule has 0 radical (unpaired) electrons. The predicted octanol–water partition coefficient (Wildman–Crippen LogP) is 5.62. The zero-order valence-corrected chi connectivity index (χ0v) is 20.9. The number of hydrogen-bond acceptors (Lipinski definition) is 4. The van der Waals surface area contributed by atoms with E-state index in [0.29, 0.717) is 24.1 Å². The smallest absolute Gasteiger partial charge is 0.405 e. The number of nitriles is 1. The normalized spacial score (nSPS) is 12.0. The van der Waals surface area contributed by atoms with Gasteiger partial charge in [-0.3, -0.25) is 9.59 Å². The van der Waals surface area contributed by atoms with Gasteiger partial charge in [-0.2, -0.15) is 5.26 Å². The molecule has 7 nitrogen and oxygen atoms in total. The van der Waals surface area contributed by atoms with Crippen LogP contribution in [0.1, 0.15) is 34.8 Å². The number of nitrogens with one attached hydrogen (secondary N) is 3. The van der Waals surface area contributed by atoms with Crippen LogP contribution < -0.4 is 15.4 Å². The average molecular weight is 535 g/mol. The van der Waals surface area contributed by atoms with Crippen molar-refractivity contribution in [2.75, 3.05) is 0 Å². The third kappa shape index (κ3) is 7.17. The van der Waals surface area contributed by atoms with Crippen molar-refractivity contribution in [3.8, 4) is 22.9 Å². The van der Waals surface area contributed by atoms with Gasteiger partial charge in [0.15, 0.2) is 0 Å². The lowest BCUT2D eigenvalue weighted by Gasteiger charge is -2.19. The van der Waals surface area contributed by atoms with Gasteiger partial charge in [-0.25, -0.2) is 0 Å². The summed E-state index contributed by atoms with van der Waals surface area (Å²) in [6.07, 6.45) is -2.96. The Bertz CT molecular complexity index is 1520. The van der Waals surface area contributed by atoms with Gasteiger partial charge in [0.05, 0.1) is 18.1 Å². The van der Waals surface area contributed by atoms with Crippen molar-refractivity contribution in [1.82, 2.24) is 15.6 Å². The minimum Gasteiger partial charge on any atom is -0.405 e. The van der Waals surface area contributed by atoms with E-state index in [0.717, 1.165) is 28.1 Å². The number of para-hydroxylation sites is 1. The average Bonchev–Trinajstić information content (AvgIpc) is 3.30. The van der Waals surface area contributed by atoms with Gasteiger partial charge in [0, 0.05) is 36.6 Å². The number of H-pyrrole nitrogens is 1. The molecule has 1 aromatic heterocycles. The molecule has 4 rings (SSSR count). The molecule has 0 saturated carbocycles. The first kappa shape index (κ1) is 27.3. The quantitative estimate of drug-likeness (QED) is 0.259. The zero-order valence-electron chi connectivity index (χ0n) is 20.9. The van der Waals surface area contributed by atoms with Crippen LogP contribution in [0.5, 0.6) is 5.75 Å². The fraction of sp³-hybridized carbons (Fsp3) is 0.207. The van der Waals surface area contributed by atoms with E-state index in [2.05, 4.69) is 20.4 Å². The number of alkyl halides is 3. The van der Waals surface area contributed by atoms with Crippen LogP contribution in [0.3, 0.4) is 0 Å². The molecule has 0 saturated heterocycles. The highest BCUT2D eigenvalue weighted by molar-refractivity contribution is 5.98. The first-order valence-electron chi connectivity index (χ1n) is 12.1. The summed E-state index contributed by atoms with van der Waals surface area (Å²) in [5, 5.41) is 15.7. The summed E-state index contributed by atoms with van der Waals surface area (Å²) >= 11 is 0. The second-order valence-electron chi connectivity index (χ2n) is 8.96. The lowest BCUT2D eigenvalue weighted by atomic mass is 9.99. The number of carbonyl (C=O) groups excluding carboxylic acids is 2. The van der Waals surface area contributed by atoms with E-state index in [1.807, 2.05) is 30.3 Å². The second kappa shape index (κ2) is 11.7. The standard InChI is InChI=1S/C29H25F3N4O3/c1-18(37)34-16-19-6-8-20(9-7-19)21-10-11-27(39-29(30,31)32)25(15-21)28(38)36-23(12-13-33)14-22-17-35-26-5-3-2-4-24(22)26/h2-11,15,17,23,35H,12,14,16H2,1H3,(H,34,37)(H,36,38). The molecule has 200 valence electrons. The number of carbonyl (C=O) groups is 2. The van der Waals surface area contributed by atoms with Crippen molar-refractivity contribution < 1.29 is 27.5 Å². The monoisotopic (exact) mass is 534 g/mol. The van der Waals surface area contributed by atoms with Crippen LogP contribution in [-0.2, 0) is 17.8 Å². The molecule has 2 amide bonds. The Morgan fingerprint density at radius 3 is 2.46 bits per heavy atom. The largest absolute Gasteiger partial charge is 0.573 e. The van der Waals surface area contributed by atoms with Gasteiger partial charge in [0.1, 0.15) is 5.75 Å². The Morgan fingerprint density at radius 2 is 1.77 bits per heavy atom. The maximum atomic E-state index is 13.3. The molecule has 1 unspecified atom stereocenters. The molecule has 1 atom stereocenters. The molecule has 0 bridgehead atoms. The lowest BCUT2D eigenvalue weighted by Crippen LogP contribution is -2.36. The molecule has 1 heterocycles. The van der Waals surface area contributed by atoms with Gasteiger partial charge >= 0.3 is 6.36 Å². The molecular weight excluding hydrogens is 509 g/mol. The highest BCUT2D eigenvalue weighted by Gasteiger charge is 2.33. The number of fused-ring (bicyclic) bond motifs is 1. The third-order valence-corrected chi connectivity index (χ3v) is 6.09. The lowest BCUT2D eigenvalue weighted by molar-refractivity contribution is -0.274. The predicted molar refractivity (Wildman–Crippen MR) is 140 cm³/mol. The van der Waals surface area contributed by atoms with Crippen molar-refractivity contribution in [3.05, 3.63) is 89.6 Å². The van der Waals surface area contributed by atoms with Crippen molar-refractivity contribution in [3.63, 3.8) is 0 Å². The summed E-state index contributed by atoms with van der Waals surface area (Å²) in [5.74, 6) is -1.61. The van der Waals surface area contributed by atoms with Crippen LogP contribution in [0.15, 0.2) is 72.9 Å². The van der Waals surface area contributed by atoms with Crippen molar-refractivity contribution in [1.29, 1.82) is 5.26 Å². The Kier molecular flexibility index (Phi) is 8.20. The number of ether oxygens (including phenoxy) is 1. The molecule has 0 fully saturated rings. The maximum Gasteiger partial charge on any atom is 0.573 e. The number of halogens is 3. The van der Waals surface area contributed by atoms with Crippen molar-refractivity contribution in [2.24, 2.45) is 0 Å². The van der Waals surface area contributed by atoms with Gasteiger partial charge in [0.25, 0.3) is 5.91 Å². The Balaban J connectivity index is 1.61. The van der Waals surface area contributed by atoms with Gasteiger partial charge in [0.2, 0.25) is 5.91 Å². The summed E-state index contributed by atoms with van der Waals surface area (Å²) in [6.45, 7) is 1.74. The number of aromatic amines is 1. The van der Waals surface area contributed by atoms with Crippen LogP contribution >= 0.6 is 0 Å². The Labute approximate surface area is 222 Å². The fourth-order valence-corrected chi connectivity index (χ4v) is 4.26. The molecule has 0 aliphatic heterocycles. The summed E-state index contributed by atoms with van der Waals surface area (Å²) in [6, 6.07) is 19.8. The van der Waals surface area contributed by atoms with Crippen LogP contribution in [0.25, 0.3) is 22.0 Å². The van der Waals surface area contributed by atoms with Crippen molar-refractivity contribution in [2.45, 2.75) is 38.7 Å². The number of benzene rings is 3. The highest BCUT2D eigenvalue weighted by atomic mass is 19.4. The Hall–Kier alpha value is -4.78. The van der Waals surface area contributed by atoms with Gasteiger partial charge in [-0.1, -0.05) is 48.5 Å². The van der Waals surface area contributed by atoms with E-state index in [1.165, 1.54) is 19.1 Å². The maximum absolute atomic E-state index is 13.3. The molecule has 10 heteroatoms. The van der Waals surface area contributed by atoms with Gasteiger partial charge in [-0.05, 0) is 46.9 Å². The summed E-state index contributed by atoms with van der Waals surface area (Å²) < 4.78 is 43.6. The molecule has 0 aliphatic rings. The number of aromatic nitrogens is 1. The molecule has 0 spiro atoms. The van der Waals surface area contributed by atoms with E-state index in [4.69, 9.17) is 0 Å². The van der Waals surface area contributed by atoms with Gasteiger partial charge in [-0.15, -0.1) is 13.2 Å². The van der Waals surface area contributed by atoms with Crippen LogP contribution in [0.2, 0.25) is 0 Å². The molecule has 3 aromatic carbocycles. The number of hydrogen-bond donors (Lipinski definition) is 3. The number of amides is 2. The van der Waals surface area contributed by atoms with E-state index in [1.54, 1.807) is 30.5 Å². The topological polar surface area (TPSA) is 107 Å². The molecule has 3 N–H and O–H groups in total. The third-order valence-electron chi connectivity index (χ3n) is 6.09. The van der Waals surface area contributed by atoms with Crippen LogP contribution in [-0.4, -0.2) is 29.2 Å². The van der Waals surface area contributed by atoms with E-state index >= 15 is 0 Å². The summed E-state index contributed by atoms with van der Waals surface area (Å²) in [4.78, 5) is 27.6. The van der Waals surface area contributed by atoms with Crippen molar-refractivity contribution >= 4 is 22.7 Å². The first-order chi connectivity index (χ1) is 18.6. The summed E-state index contributed by atoms with van der Waals surface area (Å²) in [5.41, 5.74) is 3.43. The molecule has 4 aromatic rings. The minimum absolute atomic E-state index is 0.0455. The SMILES string of the molecule is CC(=O)NCc1ccc(-c2ccc(OC(F)(F)F)c(C(=O)NC(CC#N)Cc3c[nH]c4ccccc34)c2)cc1. The molecule has 39 heavy (non-hydrogen) atoms. The number of nitrogens with zero attached hydrogens (tertiary/aromatic N) is 1. The molecule has 0 aliphatic carbocycles. The fourth-order valence-electron chi connectivity index (χ4n) is 4.26. The van der Waals surface area contributed by atoms with E-state index < -0.39 is 24.1 Å². The zero-order chi connectivity index (χ0) is 28.0. The first-order valence-corrected chi connectivity index (χ1v) is 12.1. The summed E-state index contributed by atoms with van der Waals surface area (Å²) in [7, 11) is 0. The van der Waals surface area contributed by atoms with Gasteiger partial charge < -0.3 is 20.4 Å². The second-order valence-corrected chi connectivity index (χ2v) is 8.96. The van der Waals surface area contributed by atoms with Crippen LogP contribution in [0.4, 0.5) is 13.2 Å². The Morgan fingerprint density at radius 1 is 1.05 bits per heavy atom. The number of rotatable bonds is 9.